The Morgan fingerprint density at radius 3 is 2.28 bits per heavy atom. The number of ether oxygens (including phenoxy) is 3. The highest BCUT2D eigenvalue weighted by molar-refractivity contribution is 5.73. The molecule has 7 nitrogen and oxygen atoms in total. The van der Waals surface area contributed by atoms with Crippen molar-refractivity contribution in [3.63, 3.8) is 0 Å². The molecular weight excluding hydrogens is 326 g/mol. The topological polar surface area (TPSA) is 90.9 Å². The summed E-state index contributed by atoms with van der Waals surface area (Å²) in [6.45, 7) is 6.43. The Labute approximate surface area is 147 Å². The monoisotopic (exact) mass is 351 g/mol. The van der Waals surface area contributed by atoms with Crippen molar-refractivity contribution < 1.29 is 28.6 Å². The van der Waals surface area contributed by atoms with E-state index < -0.39 is 29.7 Å². The fourth-order valence-electron chi connectivity index (χ4n) is 1.89. The second kappa shape index (κ2) is 9.66. The van der Waals surface area contributed by atoms with E-state index in [1.54, 1.807) is 20.8 Å². The van der Waals surface area contributed by atoms with Gasteiger partial charge >= 0.3 is 18.0 Å². The molecule has 1 aromatic rings. The molecule has 0 aliphatic heterocycles. The van der Waals surface area contributed by atoms with Gasteiger partial charge in [0, 0.05) is 6.92 Å². The van der Waals surface area contributed by atoms with E-state index in [0.717, 1.165) is 5.56 Å². The van der Waals surface area contributed by atoms with E-state index in [2.05, 4.69) is 5.32 Å². The average molecular weight is 351 g/mol. The summed E-state index contributed by atoms with van der Waals surface area (Å²) in [6, 6.07) is 8.45. The zero-order valence-corrected chi connectivity index (χ0v) is 15.0. The predicted octanol–water partition coefficient (Wildman–Crippen LogP) is 2.58. The highest BCUT2D eigenvalue weighted by Crippen LogP contribution is 2.10. The van der Waals surface area contributed by atoms with E-state index in [9.17, 15) is 14.4 Å². The molecule has 0 spiro atoms. The van der Waals surface area contributed by atoms with Crippen LogP contribution in [0, 0.1) is 0 Å². The lowest BCUT2D eigenvalue weighted by Gasteiger charge is -2.22. The lowest BCUT2D eigenvalue weighted by Crippen LogP contribution is -2.41. The number of benzene rings is 1. The third-order valence-corrected chi connectivity index (χ3v) is 2.86. The van der Waals surface area contributed by atoms with Crippen LogP contribution in [0.3, 0.4) is 0 Å². The fraction of sp³-hybridized carbons (Fsp3) is 0.500. The fourth-order valence-corrected chi connectivity index (χ4v) is 1.89. The summed E-state index contributed by atoms with van der Waals surface area (Å²) in [5.74, 6) is -1.01. The van der Waals surface area contributed by atoms with Gasteiger partial charge in [-0.2, -0.15) is 0 Å². The maximum absolute atomic E-state index is 11.9. The summed E-state index contributed by atoms with van der Waals surface area (Å²) >= 11 is 0. The molecular formula is C18H25NO6. The molecule has 0 radical (unpaired) electrons. The normalized spacial score (nSPS) is 12.0. The quantitative estimate of drug-likeness (QED) is 0.600. The molecule has 0 bridgehead atoms. The van der Waals surface area contributed by atoms with E-state index in [-0.39, 0.29) is 19.6 Å². The van der Waals surface area contributed by atoms with Gasteiger partial charge in [0.1, 0.15) is 18.8 Å². The summed E-state index contributed by atoms with van der Waals surface area (Å²) in [5, 5.41) is 2.52. The third kappa shape index (κ3) is 10.0. The maximum atomic E-state index is 11.9. The van der Waals surface area contributed by atoms with Gasteiger partial charge in [-0.25, -0.2) is 4.79 Å². The molecule has 1 rings (SSSR count). The van der Waals surface area contributed by atoms with Crippen molar-refractivity contribution in [2.75, 3.05) is 6.61 Å². The number of amides is 1. The second-order valence-corrected chi connectivity index (χ2v) is 6.50. The largest absolute Gasteiger partial charge is 0.464 e. The molecule has 1 N–H and O–H groups in total. The van der Waals surface area contributed by atoms with Crippen LogP contribution in [0.15, 0.2) is 30.3 Å². The Morgan fingerprint density at radius 1 is 1.08 bits per heavy atom. The van der Waals surface area contributed by atoms with Gasteiger partial charge in [-0.3, -0.25) is 9.59 Å². The van der Waals surface area contributed by atoms with Gasteiger partial charge in [0.05, 0.1) is 12.5 Å². The zero-order valence-electron chi connectivity index (χ0n) is 15.0. The van der Waals surface area contributed by atoms with Crippen LogP contribution >= 0.6 is 0 Å². The predicted molar refractivity (Wildman–Crippen MR) is 90.6 cm³/mol. The molecule has 0 aliphatic rings. The summed E-state index contributed by atoms with van der Waals surface area (Å²) in [5.41, 5.74) is 0.193. The van der Waals surface area contributed by atoms with E-state index in [1.807, 2.05) is 30.3 Å². The van der Waals surface area contributed by atoms with Crippen molar-refractivity contribution in [2.45, 2.75) is 52.4 Å². The highest BCUT2D eigenvalue weighted by atomic mass is 16.6. The Bertz CT molecular complexity index is 579. The molecule has 0 heterocycles. The molecule has 138 valence electrons. The molecule has 0 unspecified atom stereocenters. The molecule has 0 fully saturated rings. The SMILES string of the molecule is CC(=O)OC[C@H](CC(=O)OC(C)(C)C)NC(=O)OCc1ccccc1. The van der Waals surface area contributed by atoms with Crippen LogP contribution in [0.4, 0.5) is 4.79 Å². The van der Waals surface area contributed by atoms with Gasteiger partial charge < -0.3 is 19.5 Å². The molecule has 1 aromatic carbocycles. The summed E-state index contributed by atoms with van der Waals surface area (Å²) in [7, 11) is 0. The third-order valence-electron chi connectivity index (χ3n) is 2.86. The summed E-state index contributed by atoms with van der Waals surface area (Å²) in [6.07, 6.45) is -0.838. The Balaban J connectivity index is 2.54. The first-order valence-corrected chi connectivity index (χ1v) is 7.98. The highest BCUT2D eigenvalue weighted by Gasteiger charge is 2.23. The number of nitrogens with one attached hydrogen (secondary N) is 1. The first-order valence-electron chi connectivity index (χ1n) is 7.98. The van der Waals surface area contributed by atoms with Crippen LogP contribution in [0.2, 0.25) is 0 Å². The summed E-state index contributed by atoms with van der Waals surface area (Å²) in [4.78, 5) is 34.8. The minimum Gasteiger partial charge on any atom is -0.464 e. The minimum atomic E-state index is -0.734. The number of carbonyl (C=O) groups is 3. The van der Waals surface area contributed by atoms with Crippen LogP contribution < -0.4 is 5.32 Å². The van der Waals surface area contributed by atoms with Crippen LogP contribution in [-0.2, 0) is 30.4 Å². The van der Waals surface area contributed by atoms with Crippen LogP contribution in [0.5, 0.6) is 0 Å². The van der Waals surface area contributed by atoms with Gasteiger partial charge in [-0.1, -0.05) is 30.3 Å². The van der Waals surface area contributed by atoms with Crippen LogP contribution in [0.1, 0.15) is 39.7 Å². The summed E-state index contributed by atoms with van der Waals surface area (Å²) < 4.78 is 15.2. The first-order chi connectivity index (χ1) is 11.7. The molecule has 1 atom stereocenters. The molecule has 0 aromatic heterocycles. The maximum Gasteiger partial charge on any atom is 0.407 e. The van der Waals surface area contributed by atoms with Crippen LogP contribution in [0.25, 0.3) is 0 Å². The number of carbonyl (C=O) groups excluding carboxylic acids is 3. The number of alkyl carbamates (subject to hydrolysis) is 1. The van der Waals surface area contributed by atoms with Crippen molar-refractivity contribution in [3.8, 4) is 0 Å². The molecule has 1 amide bonds. The van der Waals surface area contributed by atoms with Gasteiger partial charge in [0.25, 0.3) is 0 Å². The van der Waals surface area contributed by atoms with Crippen molar-refractivity contribution in [3.05, 3.63) is 35.9 Å². The number of rotatable bonds is 7. The Kier molecular flexibility index (Phi) is 7.91. The molecule has 0 saturated carbocycles. The van der Waals surface area contributed by atoms with Gasteiger partial charge in [0.2, 0.25) is 0 Å². The van der Waals surface area contributed by atoms with Gasteiger partial charge in [-0.15, -0.1) is 0 Å². The molecule has 0 saturated heterocycles. The van der Waals surface area contributed by atoms with E-state index in [0.29, 0.717) is 0 Å². The van der Waals surface area contributed by atoms with Gasteiger partial charge in [-0.05, 0) is 26.3 Å². The van der Waals surface area contributed by atoms with Crippen molar-refractivity contribution in [1.29, 1.82) is 0 Å². The van der Waals surface area contributed by atoms with E-state index >= 15 is 0 Å². The second-order valence-electron chi connectivity index (χ2n) is 6.50. The van der Waals surface area contributed by atoms with Crippen molar-refractivity contribution in [1.82, 2.24) is 5.32 Å². The average Bonchev–Trinajstić information content (AvgIpc) is 2.49. The van der Waals surface area contributed by atoms with E-state index in [4.69, 9.17) is 14.2 Å². The van der Waals surface area contributed by atoms with Crippen molar-refractivity contribution >= 4 is 18.0 Å². The minimum absolute atomic E-state index is 0.0966. The smallest absolute Gasteiger partial charge is 0.407 e. The number of hydrogen-bond acceptors (Lipinski definition) is 6. The van der Waals surface area contributed by atoms with E-state index in [1.165, 1.54) is 6.92 Å². The first kappa shape index (κ1) is 20.5. The van der Waals surface area contributed by atoms with Crippen molar-refractivity contribution in [2.24, 2.45) is 0 Å². The number of esters is 2. The number of hydrogen-bond donors (Lipinski definition) is 1. The Hall–Kier alpha value is -2.57. The lowest BCUT2D eigenvalue weighted by atomic mass is 10.2. The standard InChI is InChI=1S/C18H25NO6/c1-13(20)23-12-15(10-16(21)25-18(2,3)4)19-17(22)24-11-14-8-6-5-7-9-14/h5-9,15H,10-12H2,1-4H3,(H,19,22)/t15-/m0/s1. The van der Waals surface area contributed by atoms with Gasteiger partial charge in [0.15, 0.2) is 0 Å². The van der Waals surface area contributed by atoms with Crippen LogP contribution in [-0.4, -0.2) is 36.3 Å². The molecule has 0 aliphatic carbocycles. The molecule has 7 heteroatoms. The Morgan fingerprint density at radius 2 is 1.72 bits per heavy atom. The lowest BCUT2D eigenvalue weighted by molar-refractivity contribution is -0.156. The molecule has 25 heavy (non-hydrogen) atoms. The zero-order chi connectivity index (χ0) is 18.9.